The number of nitrogen functional groups attached to an aromatic ring is 1. The van der Waals surface area contributed by atoms with Gasteiger partial charge in [-0.15, -0.1) is 11.3 Å². The Morgan fingerprint density at radius 1 is 1.18 bits per heavy atom. The van der Waals surface area contributed by atoms with Crippen LogP contribution < -0.4 is 17.2 Å². The summed E-state index contributed by atoms with van der Waals surface area (Å²) in [7, 11) is 0. The standard InChI is InChI=1S/C9H12N4O3S/c10-5-1-2-17-8(5)9(16)13(3-6(11)14)4-7(12)15/h1-2H,3-4,10H2,(H2,11,14)(H2,12,15). The molecule has 1 aromatic heterocycles. The van der Waals surface area contributed by atoms with Gasteiger partial charge in [-0.3, -0.25) is 14.4 Å². The van der Waals surface area contributed by atoms with E-state index in [1.54, 1.807) is 11.4 Å². The molecule has 3 amide bonds. The summed E-state index contributed by atoms with van der Waals surface area (Å²) in [6.07, 6.45) is 0. The van der Waals surface area contributed by atoms with Crippen LogP contribution in [0.4, 0.5) is 5.69 Å². The molecule has 0 bridgehead atoms. The first-order valence-electron chi connectivity index (χ1n) is 4.60. The summed E-state index contributed by atoms with van der Waals surface area (Å²) in [6.45, 7) is -0.752. The van der Waals surface area contributed by atoms with E-state index >= 15 is 0 Å². The van der Waals surface area contributed by atoms with Crippen LogP contribution in [-0.4, -0.2) is 35.7 Å². The van der Waals surface area contributed by atoms with Crippen LogP contribution in [0.25, 0.3) is 0 Å². The van der Waals surface area contributed by atoms with Gasteiger partial charge in [-0.1, -0.05) is 0 Å². The Kier molecular flexibility index (Phi) is 4.05. The van der Waals surface area contributed by atoms with Crippen LogP contribution in [0.3, 0.4) is 0 Å². The van der Waals surface area contributed by atoms with Crippen molar-refractivity contribution in [2.24, 2.45) is 11.5 Å². The molecule has 0 atom stereocenters. The number of rotatable bonds is 5. The summed E-state index contributed by atoms with van der Waals surface area (Å²) >= 11 is 1.12. The highest BCUT2D eigenvalue weighted by molar-refractivity contribution is 7.12. The van der Waals surface area contributed by atoms with Gasteiger partial charge in [0.15, 0.2) is 0 Å². The maximum Gasteiger partial charge on any atom is 0.266 e. The SMILES string of the molecule is NC(=O)CN(CC(N)=O)C(=O)c1sccc1N. The molecule has 6 N–H and O–H groups in total. The monoisotopic (exact) mass is 256 g/mol. The quantitative estimate of drug-likeness (QED) is 0.606. The summed E-state index contributed by atoms with van der Waals surface area (Å²) in [4.78, 5) is 34.8. The smallest absolute Gasteiger partial charge is 0.266 e. The maximum absolute atomic E-state index is 11.9. The van der Waals surface area contributed by atoms with E-state index in [-0.39, 0.29) is 18.0 Å². The van der Waals surface area contributed by atoms with Gasteiger partial charge in [-0.05, 0) is 11.4 Å². The highest BCUT2D eigenvalue weighted by Crippen LogP contribution is 2.20. The lowest BCUT2D eigenvalue weighted by Crippen LogP contribution is -2.43. The fraction of sp³-hybridized carbons (Fsp3) is 0.222. The number of nitrogens with two attached hydrogens (primary N) is 3. The van der Waals surface area contributed by atoms with Gasteiger partial charge < -0.3 is 22.1 Å². The normalized spacial score (nSPS) is 9.88. The molecular weight excluding hydrogens is 244 g/mol. The molecule has 0 saturated carbocycles. The number of thiophene rings is 1. The zero-order chi connectivity index (χ0) is 13.0. The lowest BCUT2D eigenvalue weighted by molar-refractivity contribution is -0.121. The molecule has 0 unspecified atom stereocenters. The highest BCUT2D eigenvalue weighted by Gasteiger charge is 2.22. The van der Waals surface area contributed by atoms with Gasteiger partial charge >= 0.3 is 0 Å². The Bertz CT molecular complexity index is 441. The molecule has 0 aromatic carbocycles. The molecule has 92 valence electrons. The Balaban J connectivity index is 2.90. The molecule has 17 heavy (non-hydrogen) atoms. The third kappa shape index (κ3) is 3.45. The lowest BCUT2D eigenvalue weighted by Gasteiger charge is -2.18. The number of nitrogens with zero attached hydrogens (tertiary/aromatic N) is 1. The first kappa shape index (κ1) is 13.0. The summed E-state index contributed by atoms with van der Waals surface area (Å²) in [5, 5.41) is 1.63. The zero-order valence-corrected chi connectivity index (χ0v) is 9.70. The van der Waals surface area contributed by atoms with Crippen LogP contribution in [0, 0.1) is 0 Å². The maximum atomic E-state index is 11.9. The predicted octanol–water partition coefficient (Wildman–Crippen LogP) is -1.26. The molecule has 1 rings (SSSR count). The van der Waals surface area contributed by atoms with Crippen molar-refractivity contribution in [3.8, 4) is 0 Å². The van der Waals surface area contributed by atoms with Crippen LogP contribution in [0.2, 0.25) is 0 Å². The van der Waals surface area contributed by atoms with E-state index in [1.807, 2.05) is 0 Å². The molecule has 0 saturated heterocycles. The summed E-state index contributed by atoms with van der Waals surface area (Å²) in [6, 6.07) is 1.56. The number of amides is 3. The molecule has 7 nitrogen and oxygen atoms in total. The van der Waals surface area contributed by atoms with E-state index < -0.39 is 17.7 Å². The minimum Gasteiger partial charge on any atom is -0.397 e. The van der Waals surface area contributed by atoms with Crippen LogP contribution in [0.5, 0.6) is 0 Å². The van der Waals surface area contributed by atoms with Gasteiger partial charge in [0.25, 0.3) is 5.91 Å². The number of anilines is 1. The average molecular weight is 256 g/mol. The number of primary amides is 2. The molecule has 1 heterocycles. The van der Waals surface area contributed by atoms with Crippen molar-refractivity contribution < 1.29 is 14.4 Å². The third-order valence-corrected chi connectivity index (χ3v) is 2.79. The van der Waals surface area contributed by atoms with E-state index in [2.05, 4.69) is 0 Å². The predicted molar refractivity (Wildman–Crippen MR) is 63.0 cm³/mol. The van der Waals surface area contributed by atoms with Gasteiger partial charge in [-0.25, -0.2) is 0 Å². The van der Waals surface area contributed by atoms with Crippen LogP contribution in [0.15, 0.2) is 11.4 Å². The van der Waals surface area contributed by atoms with E-state index in [9.17, 15) is 14.4 Å². The summed E-state index contributed by atoms with van der Waals surface area (Å²) < 4.78 is 0. The zero-order valence-electron chi connectivity index (χ0n) is 8.88. The number of hydrogen-bond acceptors (Lipinski definition) is 5. The summed E-state index contributed by atoms with van der Waals surface area (Å²) in [5.74, 6) is -1.99. The summed E-state index contributed by atoms with van der Waals surface area (Å²) in [5.41, 5.74) is 15.8. The first-order valence-corrected chi connectivity index (χ1v) is 5.48. The van der Waals surface area contributed by atoms with Gasteiger partial charge in [0.2, 0.25) is 11.8 Å². The van der Waals surface area contributed by atoms with E-state index in [0.717, 1.165) is 16.2 Å². The molecule has 0 fully saturated rings. The molecule has 0 aliphatic heterocycles. The first-order chi connectivity index (χ1) is 7.91. The van der Waals surface area contributed by atoms with Crippen molar-refractivity contribution in [1.29, 1.82) is 0 Å². The molecule has 8 heteroatoms. The van der Waals surface area contributed by atoms with Crippen molar-refractivity contribution >= 4 is 34.7 Å². The highest BCUT2D eigenvalue weighted by atomic mass is 32.1. The van der Waals surface area contributed by atoms with Crippen LogP contribution >= 0.6 is 11.3 Å². The van der Waals surface area contributed by atoms with Crippen LogP contribution in [-0.2, 0) is 9.59 Å². The van der Waals surface area contributed by atoms with Gasteiger partial charge in [0, 0.05) is 0 Å². The minimum absolute atomic E-state index is 0.257. The second-order valence-electron chi connectivity index (χ2n) is 3.30. The van der Waals surface area contributed by atoms with Crippen molar-refractivity contribution in [2.45, 2.75) is 0 Å². The van der Waals surface area contributed by atoms with Gasteiger partial charge in [0.1, 0.15) is 18.0 Å². The van der Waals surface area contributed by atoms with Crippen molar-refractivity contribution in [2.75, 3.05) is 18.8 Å². The Labute approximate surface area is 101 Å². The fourth-order valence-corrected chi connectivity index (χ4v) is 2.00. The van der Waals surface area contributed by atoms with E-state index in [4.69, 9.17) is 17.2 Å². The molecule has 0 aliphatic rings. The number of carbonyl (C=O) groups is 3. The fourth-order valence-electron chi connectivity index (χ4n) is 1.21. The van der Waals surface area contributed by atoms with E-state index in [0.29, 0.717) is 5.69 Å². The molecule has 0 spiro atoms. The average Bonchev–Trinajstić information content (AvgIpc) is 2.61. The van der Waals surface area contributed by atoms with Crippen molar-refractivity contribution in [3.63, 3.8) is 0 Å². The minimum atomic E-state index is -0.727. The number of hydrogen-bond donors (Lipinski definition) is 3. The topological polar surface area (TPSA) is 133 Å². The van der Waals surface area contributed by atoms with E-state index in [1.165, 1.54) is 0 Å². The van der Waals surface area contributed by atoms with Crippen LogP contribution in [0.1, 0.15) is 9.67 Å². The van der Waals surface area contributed by atoms with Gasteiger partial charge in [0.05, 0.1) is 5.69 Å². The third-order valence-electron chi connectivity index (χ3n) is 1.87. The Morgan fingerprint density at radius 3 is 2.06 bits per heavy atom. The Hall–Kier alpha value is -2.09. The molecule has 0 radical (unpaired) electrons. The second-order valence-corrected chi connectivity index (χ2v) is 4.22. The van der Waals surface area contributed by atoms with Crippen molar-refractivity contribution in [3.05, 3.63) is 16.3 Å². The van der Waals surface area contributed by atoms with Crippen molar-refractivity contribution in [1.82, 2.24) is 4.90 Å². The Morgan fingerprint density at radius 2 is 1.71 bits per heavy atom. The van der Waals surface area contributed by atoms with Gasteiger partial charge in [-0.2, -0.15) is 0 Å². The lowest BCUT2D eigenvalue weighted by atomic mass is 10.3. The number of carbonyl (C=O) groups excluding carboxylic acids is 3. The molecule has 0 aliphatic carbocycles. The second kappa shape index (κ2) is 5.30. The molecule has 1 aromatic rings. The largest absolute Gasteiger partial charge is 0.397 e. The molecular formula is C9H12N4O3S.